The lowest BCUT2D eigenvalue weighted by Gasteiger charge is -2.02. The Morgan fingerprint density at radius 1 is 1.33 bits per heavy atom. The van der Waals surface area contributed by atoms with Crippen LogP contribution < -0.4 is 5.32 Å². The third-order valence-corrected chi connectivity index (χ3v) is 1.70. The minimum atomic E-state index is 0.00574. The van der Waals surface area contributed by atoms with Crippen molar-refractivity contribution >= 4 is 23.4 Å². The summed E-state index contributed by atoms with van der Waals surface area (Å²) >= 11 is 0. The monoisotopic (exact) mass is 160 g/mol. The molecule has 0 aliphatic carbocycles. The van der Waals surface area contributed by atoms with E-state index in [1.54, 1.807) is 0 Å². The number of rotatable bonds is 0. The first-order valence-corrected chi connectivity index (χ1v) is 3.76. The quantitative estimate of drug-likeness (QED) is 0.623. The highest BCUT2D eigenvalue weighted by molar-refractivity contribution is 6.30. The van der Waals surface area contributed by atoms with Gasteiger partial charge in [0.2, 0.25) is 0 Å². The molecule has 1 N–H and O–H groups in total. The van der Waals surface area contributed by atoms with Crippen molar-refractivity contribution in [3.8, 4) is 0 Å². The molecule has 1 aromatic carbocycles. The normalized spacial score (nSPS) is 14.8. The Hall–Kier alpha value is -1.64. The first kappa shape index (κ1) is 7.03. The summed E-state index contributed by atoms with van der Waals surface area (Å²) in [5.74, 6) is 0.00574. The molecule has 0 saturated carbocycles. The van der Waals surface area contributed by atoms with Crippen molar-refractivity contribution < 1.29 is 4.79 Å². The van der Waals surface area contributed by atoms with Crippen LogP contribution in [0.3, 0.4) is 0 Å². The van der Waals surface area contributed by atoms with Crippen molar-refractivity contribution in [2.45, 2.75) is 0 Å². The zero-order chi connectivity index (χ0) is 8.39. The first-order valence-electron chi connectivity index (χ1n) is 3.76. The van der Waals surface area contributed by atoms with Crippen LogP contribution in [0.4, 0.5) is 11.4 Å². The molecule has 0 amide bonds. The fourth-order valence-electron chi connectivity index (χ4n) is 1.11. The number of benzene rings is 1. The van der Waals surface area contributed by atoms with Gasteiger partial charge in [0.05, 0.1) is 24.1 Å². The second-order valence-corrected chi connectivity index (χ2v) is 2.60. The van der Waals surface area contributed by atoms with Crippen LogP contribution in [0.1, 0.15) is 0 Å². The van der Waals surface area contributed by atoms with Crippen LogP contribution >= 0.6 is 0 Å². The Morgan fingerprint density at radius 3 is 3.08 bits per heavy atom. The van der Waals surface area contributed by atoms with Gasteiger partial charge in [-0.2, -0.15) is 0 Å². The molecule has 1 heterocycles. The molecule has 1 aliphatic heterocycles. The average Bonchev–Trinajstić information content (AvgIpc) is 2.29. The number of ketones is 1. The van der Waals surface area contributed by atoms with Crippen molar-refractivity contribution in [2.24, 2.45) is 4.99 Å². The molecule has 0 radical (unpaired) electrons. The van der Waals surface area contributed by atoms with Crippen LogP contribution in [0.2, 0.25) is 0 Å². The fourth-order valence-corrected chi connectivity index (χ4v) is 1.11. The molecule has 1 aliphatic rings. The Bertz CT molecular complexity index is 344. The van der Waals surface area contributed by atoms with E-state index in [-0.39, 0.29) is 5.78 Å². The number of aliphatic imine (C=N–C) groups is 1. The van der Waals surface area contributed by atoms with Gasteiger partial charge in [-0.05, 0) is 12.1 Å². The molecule has 0 spiro atoms. The highest BCUT2D eigenvalue weighted by Gasteiger charge is 2.05. The maximum atomic E-state index is 10.9. The van der Waals surface area contributed by atoms with E-state index in [1.165, 1.54) is 6.21 Å². The van der Waals surface area contributed by atoms with E-state index in [0.29, 0.717) is 6.54 Å². The number of carbonyl (C=O) groups excluding carboxylic acids is 1. The second kappa shape index (κ2) is 2.77. The number of para-hydroxylation sites is 2. The van der Waals surface area contributed by atoms with Gasteiger partial charge >= 0.3 is 0 Å². The lowest BCUT2D eigenvalue weighted by Crippen LogP contribution is -2.12. The number of Topliss-reactive ketones (excluding diaryl/α,β-unsaturated/α-hetero) is 1. The summed E-state index contributed by atoms with van der Waals surface area (Å²) in [6, 6.07) is 7.59. The van der Waals surface area contributed by atoms with Crippen LogP contribution in [0.15, 0.2) is 29.3 Å². The fraction of sp³-hybridized carbons (Fsp3) is 0.111. The van der Waals surface area contributed by atoms with Crippen molar-refractivity contribution in [1.29, 1.82) is 0 Å². The average molecular weight is 160 g/mol. The zero-order valence-corrected chi connectivity index (χ0v) is 6.45. The van der Waals surface area contributed by atoms with E-state index >= 15 is 0 Å². The highest BCUT2D eigenvalue weighted by atomic mass is 16.1. The molecule has 3 heteroatoms. The van der Waals surface area contributed by atoms with Crippen molar-refractivity contribution in [1.82, 2.24) is 0 Å². The molecule has 60 valence electrons. The van der Waals surface area contributed by atoms with Gasteiger partial charge in [-0.25, -0.2) is 0 Å². The SMILES string of the molecule is O=C1C=Nc2ccccc2NC1. The summed E-state index contributed by atoms with van der Waals surface area (Å²) in [5.41, 5.74) is 1.74. The number of nitrogens with zero attached hydrogens (tertiary/aromatic N) is 1. The molecule has 12 heavy (non-hydrogen) atoms. The summed E-state index contributed by atoms with van der Waals surface area (Å²) < 4.78 is 0. The van der Waals surface area contributed by atoms with E-state index in [0.717, 1.165) is 11.4 Å². The highest BCUT2D eigenvalue weighted by Crippen LogP contribution is 2.24. The second-order valence-electron chi connectivity index (χ2n) is 2.60. The molecule has 0 fully saturated rings. The van der Waals surface area contributed by atoms with Gasteiger partial charge in [-0.15, -0.1) is 0 Å². The third kappa shape index (κ3) is 1.21. The van der Waals surface area contributed by atoms with Gasteiger partial charge in [0.15, 0.2) is 5.78 Å². The Labute approximate surface area is 70.1 Å². The van der Waals surface area contributed by atoms with Crippen molar-refractivity contribution in [3.05, 3.63) is 24.3 Å². The minimum Gasteiger partial charge on any atom is -0.376 e. The number of anilines is 1. The maximum Gasteiger partial charge on any atom is 0.192 e. The van der Waals surface area contributed by atoms with Gasteiger partial charge in [-0.1, -0.05) is 12.1 Å². The Balaban J connectivity index is 2.45. The standard InChI is InChI=1S/C9H8N2O/c12-7-5-10-8-3-1-2-4-9(8)11-6-7/h1-5,11H,6H2. The largest absolute Gasteiger partial charge is 0.376 e. The predicted molar refractivity (Wildman–Crippen MR) is 48.1 cm³/mol. The number of hydrogen-bond acceptors (Lipinski definition) is 3. The van der Waals surface area contributed by atoms with E-state index < -0.39 is 0 Å². The van der Waals surface area contributed by atoms with Gasteiger partial charge < -0.3 is 5.32 Å². The summed E-state index contributed by atoms with van der Waals surface area (Å²) in [6.45, 7) is 0.334. The van der Waals surface area contributed by atoms with E-state index in [9.17, 15) is 4.79 Å². The summed E-state index contributed by atoms with van der Waals surface area (Å²) in [7, 11) is 0. The van der Waals surface area contributed by atoms with Crippen LogP contribution in [0, 0.1) is 0 Å². The van der Waals surface area contributed by atoms with E-state index in [1.807, 2.05) is 24.3 Å². The molecule has 0 saturated heterocycles. The van der Waals surface area contributed by atoms with Gasteiger partial charge in [-0.3, -0.25) is 9.79 Å². The Morgan fingerprint density at radius 2 is 2.17 bits per heavy atom. The number of carbonyl (C=O) groups is 1. The molecule has 0 aromatic heterocycles. The molecule has 0 bridgehead atoms. The molecular formula is C9H8N2O. The van der Waals surface area contributed by atoms with E-state index in [4.69, 9.17) is 0 Å². The van der Waals surface area contributed by atoms with Gasteiger partial charge in [0.25, 0.3) is 0 Å². The van der Waals surface area contributed by atoms with Crippen LogP contribution in [0.5, 0.6) is 0 Å². The first-order chi connectivity index (χ1) is 5.86. The molecule has 1 aromatic rings. The molecular weight excluding hydrogens is 152 g/mol. The number of nitrogens with one attached hydrogen (secondary N) is 1. The number of hydrogen-bond donors (Lipinski definition) is 1. The third-order valence-electron chi connectivity index (χ3n) is 1.70. The van der Waals surface area contributed by atoms with Crippen LogP contribution in [0.25, 0.3) is 0 Å². The molecule has 3 nitrogen and oxygen atoms in total. The van der Waals surface area contributed by atoms with Crippen LogP contribution in [-0.2, 0) is 4.79 Å². The lowest BCUT2D eigenvalue weighted by atomic mass is 10.3. The van der Waals surface area contributed by atoms with Gasteiger partial charge in [0.1, 0.15) is 0 Å². The van der Waals surface area contributed by atoms with Crippen molar-refractivity contribution in [3.63, 3.8) is 0 Å². The summed E-state index contributed by atoms with van der Waals surface area (Å²) in [5, 5.41) is 3.00. The summed E-state index contributed by atoms with van der Waals surface area (Å²) in [6.07, 6.45) is 1.36. The van der Waals surface area contributed by atoms with Crippen LogP contribution in [-0.4, -0.2) is 18.5 Å². The topological polar surface area (TPSA) is 41.5 Å². The maximum absolute atomic E-state index is 10.9. The lowest BCUT2D eigenvalue weighted by molar-refractivity contribution is -0.111. The van der Waals surface area contributed by atoms with E-state index in [2.05, 4.69) is 10.3 Å². The van der Waals surface area contributed by atoms with Crippen molar-refractivity contribution in [2.75, 3.05) is 11.9 Å². The minimum absolute atomic E-state index is 0.00574. The number of fused-ring (bicyclic) bond motifs is 1. The zero-order valence-electron chi connectivity index (χ0n) is 6.45. The van der Waals surface area contributed by atoms with Gasteiger partial charge in [0, 0.05) is 0 Å². The smallest absolute Gasteiger partial charge is 0.192 e. The molecule has 0 unspecified atom stereocenters. The molecule has 0 atom stereocenters. The summed E-state index contributed by atoms with van der Waals surface area (Å²) in [4.78, 5) is 15.0. The predicted octanol–water partition coefficient (Wildman–Crippen LogP) is 1.38. The molecule has 2 rings (SSSR count). The Kier molecular flexibility index (Phi) is 1.63.